The zero-order valence-corrected chi connectivity index (χ0v) is 30.5. The zero-order valence-electron chi connectivity index (χ0n) is 26.9. The number of nitro groups is 1. The number of hydrogen-bond donors (Lipinski definition) is 2. The number of benzene rings is 2. The molecule has 46 heavy (non-hydrogen) atoms. The van der Waals surface area contributed by atoms with E-state index in [2.05, 4.69) is 39.2 Å². The number of β-lactam (4-membered cyclic amide) rings is 1. The fourth-order valence-corrected chi connectivity index (χ4v) is 12.6. The number of carbonyl (C=O) groups is 3. The first kappa shape index (κ1) is 36.1. The summed E-state index contributed by atoms with van der Waals surface area (Å²) in [5.41, 5.74) is 0.388. The van der Waals surface area contributed by atoms with Crippen LogP contribution in [-0.4, -0.2) is 57.3 Å². The lowest BCUT2D eigenvalue weighted by atomic mass is 9.64. The van der Waals surface area contributed by atoms with E-state index < -0.39 is 41.1 Å². The molecule has 0 radical (unpaired) electrons. The molecule has 3 atom stereocenters. The molecule has 2 amide bonds. The third-order valence-corrected chi connectivity index (χ3v) is 13.6. The van der Waals surface area contributed by atoms with Crippen LogP contribution < -0.4 is 5.32 Å². The summed E-state index contributed by atoms with van der Waals surface area (Å²) in [7, 11) is -1.68. The number of nitrogens with zero attached hydrogens (tertiary/aromatic N) is 2. The second-order valence-electron chi connectivity index (χ2n) is 12.5. The summed E-state index contributed by atoms with van der Waals surface area (Å²) in [6.45, 7) is 12.7. The molecule has 2 aromatic carbocycles. The smallest absolute Gasteiger partial charge is 0.354 e. The van der Waals surface area contributed by atoms with Crippen molar-refractivity contribution in [2.75, 3.05) is 5.75 Å². The van der Waals surface area contributed by atoms with Crippen LogP contribution in [0.2, 0.25) is 13.1 Å². The molecule has 0 spiro atoms. The Bertz CT molecular complexity index is 1500. The molecular weight excluding hydrogens is 663 g/mol. The zero-order chi connectivity index (χ0) is 33.9. The highest BCUT2D eigenvalue weighted by Gasteiger charge is 2.75. The number of carbonyl (C=O) groups excluding carboxylic acids is 2. The summed E-state index contributed by atoms with van der Waals surface area (Å²) >= 11 is 4.08. The van der Waals surface area contributed by atoms with E-state index in [9.17, 15) is 29.6 Å². The van der Waals surface area contributed by atoms with E-state index in [4.69, 9.17) is 4.43 Å². The van der Waals surface area contributed by atoms with Gasteiger partial charge in [0.2, 0.25) is 11.8 Å². The van der Waals surface area contributed by atoms with Crippen LogP contribution in [0.4, 0.5) is 5.69 Å². The highest BCUT2D eigenvalue weighted by atomic mass is 32.2. The molecule has 2 aliphatic heterocycles. The highest BCUT2D eigenvalue weighted by Crippen LogP contribution is 2.70. The van der Waals surface area contributed by atoms with Gasteiger partial charge in [-0.3, -0.25) is 24.6 Å². The summed E-state index contributed by atoms with van der Waals surface area (Å²) in [6, 6.07) is 15.8. The molecule has 1 fully saturated rings. The number of amides is 2. The van der Waals surface area contributed by atoms with Gasteiger partial charge < -0.3 is 14.8 Å². The molecule has 1 saturated heterocycles. The number of carboxylic acid groups (broad SMARTS) is 1. The number of hydrogen-bond acceptors (Lipinski definition) is 9. The first-order chi connectivity index (χ1) is 21.7. The highest BCUT2D eigenvalue weighted by molar-refractivity contribution is 8.29. The van der Waals surface area contributed by atoms with Crippen LogP contribution >= 0.6 is 35.3 Å². The van der Waals surface area contributed by atoms with Crippen LogP contribution in [0, 0.1) is 21.4 Å². The molecule has 2 aromatic rings. The summed E-state index contributed by atoms with van der Waals surface area (Å²) in [5, 5.41) is 24.5. The molecule has 2 heterocycles. The number of fused-ring (bicyclic) bond motifs is 1. The van der Waals surface area contributed by atoms with Crippen LogP contribution in [0.25, 0.3) is 0 Å². The van der Waals surface area contributed by atoms with Gasteiger partial charge in [0.05, 0.1) is 14.8 Å². The third-order valence-electron chi connectivity index (χ3n) is 8.20. The molecule has 10 nitrogen and oxygen atoms in total. The Morgan fingerprint density at radius 1 is 1.13 bits per heavy atom. The third kappa shape index (κ3) is 7.20. The molecule has 4 rings (SSSR count). The van der Waals surface area contributed by atoms with Gasteiger partial charge in [-0.05, 0) is 36.1 Å². The van der Waals surface area contributed by atoms with Crippen molar-refractivity contribution in [3.05, 3.63) is 85.8 Å². The topological polar surface area (TPSA) is 139 Å². The number of nitrogens with one attached hydrogen (secondary N) is 1. The average molecular weight is 704 g/mol. The Morgan fingerprint density at radius 3 is 2.33 bits per heavy atom. The number of rotatable bonds is 15. The standard InChI is InChI=1S/C32H41N3O7S3Si/c1-7-31(30(2,3)4,42-46(5)6)26-27(37)34-25(28(38)39)29(43-18-17-24(36)33-19-21-11-9-8-10-12-21)45-32(26,34)44-20-22-13-15-23(16-14-22)35(40)41/h8-16,26,46H,7,17-20H2,1-6H3,(H,33,36)(H,38,39)/t26-,31-,32+/m0/s1. The first-order valence-electron chi connectivity index (χ1n) is 15.2. The first-order valence-corrected chi connectivity index (χ1v) is 20.7. The van der Waals surface area contributed by atoms with Crippen molar-refractivity contribution in [3.8, 4) is 0 Å². The lowest BCUT2D eigenvalue weighted by Crippen LogP contribution is -2.75. The van der Waals surface area contributed by atoms with Gasteiger partial charge in [0.1, 0.15) is 5.92 Å². The minimum absolute atomic E-state index is 0.0187. The fraction of sp³-hybridized carbons (Fsp3) is 0.469. The minimum Gasteiger partial charge on any atom is -0.477 e. The Hall–Kier alpha value is -2.78. The summed E-state index contributed by atoms with van der Waals surface area (Å²) in [5.74, 6) is -1.57. The van der Waals surface area contributed by atoms with Gasteiger partial charge in [0.15, 0.2) is 18.9 Å². The Balaban J connectivity index is 1.63. The Kier molecular flexibility index (Phi) is 11.4. The maximum Gasteiger partial charge on any atom is 0.354 e. The predicted molar refractivity (Wildman–Crippen MR) is 188 cm³/mol. The van der Waals surface area contributed by atoms with Crippen LogP contribution in [0.1, 0.15) is 51.7 Å². The normalized spacial score (nSPS) is 20.7. The van der Waals surface area contributed by atoms with Crippen molar-refractivity contribution in [2.45, 2.75) is 75.7 Å². The van der Waals surface area contributed by atoms with Gasteiger partial charge in [-0.2, -0.15) is 0 Å². The van der Waals surface area contributed by atoms with Gasteiger partial charge >= 0.3 is 5.97 Å². The molecule has 14 heteroatoms. The molecule has 0 unspecified atom stereocenters. The minimum atomic E-state index is -1.68. The number of non-ortho nitro benzene ring substituents is 1. The number of thioether (sulfide) groups is 3. The summed E-state index contributed by atoms with van der Waals surface area (Å²) < 4.78 is 6.29. The van der Waals surface area contributed by atoms with E-state index in [0.29, 0.717) is 28.7 Å². The van der Waals surface area contributed by atoms with Gasteiger partial charge in [-0.15, -0.1) is 23.5 Å². The lowest BCUT2D eigenvalue weighted by Gasteiger charge is -2.62. The number of aliphatic carboxylic acids is 1. The lowest BCUT2D eigenvalue weighted by molar-refractivity contribution is -0.384. The SMILES string of the molecule is CC[C@](O[SiH](C)C)([C@@H]1C(=O)N2C(C(=O)O)=C(SCCC(=O)NCc3ccccc3)S[C@]12SCc1ccc([N+](=O)[O-])cc1)C(C)(C)C. The van der Waals surface area contributed by atoms with Crippen molar-refractivity contribution in [3.63, 3.8) is 0 Å². The van der Waals surface area contributed by atoms with Gasteiger partial charge in [0.25, 0.3) is 5.69 Å². The maximum atomic E-state index is 14.3. The molecule has 2 N–H and O–H groups in total. The monoisotopic (exact) mass is 703 g/mol. The molecular formula is C32H41N3O7S3Si. The average Bonchev–Trinajstić information content (AvgIpc) is 3.28. The van der Waals surface area contributed by atoms with E-state index >= 15 is 0 Å². The summed E-state index contributed by atoms with van der Waals surface area (Å²) in [4.78, 5) is 51.8. The number of carboxylic acids is 1. The van der Waals surface area contributed by atoms with Gasteiger partial charge in [-0.25, -0.2) is 4.79 Å². The van der Waals surface area contributed by atoms with Crippen LogP contribution in [0.3, 0.4) is 0 Å². The van der Waals surface area contributed by atoms with Crippen molar-refractivity contribution in [2.24, 2.45) is 11.3 Å². The van der Waals surface area contributed by atoms with E-state index in [1.165, 1.54) is 52.3 Å². The van der Waals surface area contributed by atoms with Crippen molar-refractivity contribution >= 4 is 67.8 Å². The number of nitro benzene ring substituents is 1. The van der Waals surface area contributed by atoms with Crippen LogP contribution in [0.15, 0.2) is 64.5 Å². The molecule has 0 aliphatic carbocycles. The van der Waals surface area contributed by atoms with E-state index in [1.807, 2.05) is 37.3 Å². The maximum absolute atomic E-state index is 14.3. The van der Waals surface area contributed by atoms with E-state index in [0.717, 1.165) is 11.1 Å². The molecule has 0 saturated carbocycles. The molecule has 2 aliphatic rings. The largest absolute Gasteiger partial charge is 0.477 e. The van der Waals surface area contributed by atoms with Crippen molar-refractivity contribution < 1.29 is 28.8 Å². The molecule has 0 bridgehead atoms. The van der Waals surface area contributed by atoms with Crippen molar-refractivity contribution in [1.82, 2.24) is 10.2 Å². The molecule has 0 aromatic heterocycles. The second-order valence-corrected chi connectivity index (χ2v) is 18.9. The Morgan fingerprint density at radius 2 is 1.78 bits per heavy atom. The van der Waals surface area contributed by atoms with Crippen molar-refractivity contribution in [1.29, 1.82) is 0 Å². The van der Waals surface area contributed by atoms with Gasteiger partial charge in [0, 0.05) is 36.6 Å². The van der Waals surface area contributed by atoms with Gasteiger partial charge in [-0.1, -0.05) is 81.9 Å². The Labute approximate surface area is 284 Å². The van der Waals surface area contributed by atoms with Crippen LogP contribution in [-0.2, 0) is 31.1 Å². The summed E-state index contributed by atoms with van der Waals surface area (Å²) in [6.07, 6.45) is 0.733. The quantitative estimate of drug-likeness (QED) is 0.0906. The fourth-order valence-electron chi connectivity index (χ4n) is 6.04. The predicted octanol–water partition coefficient (Wildman–Crippen LogP) is 6.58. The molecule has 248 valence electrons. The second kappa shape index (κ2) is 14.5. The van der Waals surface area contributed by atoms with E-state index in [1.54, 1.807) is 12.1 Å². The van der Waals surface area contributed by atoms with E-state index in [-0.39, 0.29) is 29.6 Å². The van der Waals surface area contributed by atoms with Crippen LogP contribution in [0.5, 0.6) is 0 Å².